The highest BCUT2D eigenvalue weighted by Gasteiger charge is 2.23. The third-order valence-electron chi connectivity index (χ3n) is 4.59. The van der Waals surface area contributed by atoms with Gasteiger partial charge in [0, 0.05) is 17.0 Å². The van der Waals surface area contributed by atoms with Gasteiger partial charge in [-0.25, -0.2) is 9.67 Å². The Morgan fingerprint density at radius 2 is 1.96 bits per heavy atom. The summed E-state index contributed by atoms with van der Waals surface area (Å²) in [6.45, 7) is 0. The number of hydrogen-bond donors (Lipinski definition) is 0. The van der Waals surface area contributed by atoms with Gasteiger partial charge < -0.3 is 0 Å². The first kappa shape index (κ1) is 16.5. The molecule has 0 bridgehead atoms. The van der Waals surface area contributed by atoms with E-state index in [0.29, 0.717) is 22.7 Å². The average molecular weight is 386 g/mol. The minimum absolute atomic E-state index is 0.241. The van der Waals surface area contributed by atoms with E-state index in [9.17, 15) is 4.79 Å². The van der Waals surface area contributed by atoms with Crippen LogP contribution in [0.1, 0.15) is 27.4 Å². The average Bonchev–Trinajstić information content (AvgIpc) is 3.32. The van der Waals surface area contributed by atoms with Crippen LogP contribution in [-0.4, -0.2) is 30.3 Å². The molecule has 0 atom stereocenters. The van der Waals surface area contributed by atoms with Gasteiger partial charge >= 0.3 is 0 Å². The lowest BCUT2D eigenvalue weighted by atomic mass is 10.1. The Balaban J connectivity index is 1.62. The second-order valence-corrected chi connectivity index (χ2v) is 6.74. The lowest BCUT2D eigenvalue weighted by molar-refractivity contribution is 0.105. The summed E-state index contributed by atoms with van der Waals surface area (Å²) >= 11 is 6.19. The monoisotopic (exact) mass is 385 g/mol. The van der Waals surface area contributed by atoms with Gasteiger partial charge in [0.05, 0.1) is 29.0 Å². The van der Waals surface area contributed by atoms with E-state index in [1.807, 2.05) is 41.0 Å². The lowest BCUT2D eigenvalue weighted by Gasteiger charge is -2.09. The summed E-state index contributed by atoms with van der Waals surface area (Å²) in [6, 6.07) is 14.5. The second kappa shape index (κ2) is 6.48. The van der Waals surface area contributed by atoms with Crippen LogP contribution in [0.4, 0.5) is 0 Å². The van der Waals surface area contributed by atoms with Crippen LogP contribution in [0.3, 0.4) is 0 Å². The van der Waals surface area contributed by atoms with E-state index in [1.165, 1.54) is 0 Å². The first-order valence-corrected chi connectivity index (χ1v) is 8.96. The molecule has 0 radical (unpaired) electrons. The molecule has 0 N–H and O–H groups in total. The van der Waals surface area contributed by atoms with Crippen molar-refractivity contribution in [2.45, 2.75) is 6.42 Å². The minimum atomic E-state index is -0.241. The highest BCUT2D eigenvalue weighted by Crippen LogP contribution is 2.30. The largest absolute Gasteiger partial charge is 0.299 e. The fourth-order valence-corrected chi connectivity index (χ4v) is 3.42. The number of hydrogen-bond acceptors (Lipinski definition) is 4. The van der Waals surface area contributed by atoms with Crippen LogP contribution in [0.25, 0.3) is 11.4 Å². The Morgan fingerprint density at radius 1 is 1.11 bits per heavy atom. The van der Waals surface area contributed by atoms with Crippen molar-refractivity contribution in [3.63, 3.8) is 0 Å². The molecule has 0 spiro atoms. The number of fused-ring (bicyclic) bond motifs is 5. The number of halogens is 1. The second-order valence-electron chi connectivity index (χ2n) is 6.30. The summed E-state index contributed by atoms with van der Waals surface area (Å²) in [5, 5.41) is 8.82. The Kier molecular flexibility index (Phi) is 3.81. The Bertz CT molecular complexity index is 1280. The van der Waals surface area contributed by atoms with E-state index in [2.05, 4.69) is 27.1 Å². The van der Waals surface area contributed by atoms with Crippen LogP contribution in [0.2, 0.25) is 5.02 Å². The van der Waals surface area contributed by atoms with Crippen molar-refractivity contribution in [1.82, 2.24) is 24.5 Å². The number of imidazole rings is 1. The van der Waals surface area contributed by atoms with Gasteiger partial charge in [0.25, 0.3) is 0 Å². The Morgan fingerprint density at radius 3 is 2.82 bits per heavy atom. The number of Topliss-reactive ketones (excluding diaryl/α,β-unsaturated/α-hetero) is 1. The first-order chi connectivity index (χ1) is 13.7. The van der Waals surface area contributed by atoms with Crippen LogP contribution in [0.15, 0.2) is 61.1 Å². The molecule has 2 aromatic heterocycles. The summed E-state index contributed by atoms with van der Waals surface area (Å²) in [6.07, 6.45) is 3.95. The van der Waals surface area contributed by atoms with Gasteiger partial charge in [0.15, 0.2) is 0 Å². The normalized spacial score (nSPS) is 11.5. The van der Waals surface area contributed by atoms with Gasteiger partial charge in [-0.2, -0.15) is 0 Å². The molecule has 1 aliphatic rings. The topological polar surface area (TPSA) is 65.6 Å². The molecule has 0 saturated carbocycles. The van der Waals surface area contributed by atoms with Crippen LogP contribution in [-0.2, 0) is 6.42 Å². The number of ketones is 1. The molecule has 7 heteroatoms. The van der Waals surface area contributed by atoms with Crippen LogP contribution in [0.5, 0.6) is 0 Å². The SMILES string of the molecule is O=C(C#Cc1ncn2c1Cc1cnnn1-c1cc(Cl)ccc1-2)c1ccccc1. The molecule has 2 aromatic carbocycles. The predicted molar refractivity (Wildman–Crippen MR) is 104 cm³/mol. The van der Waals surface area contributed by atoms with Gasteiger partial charge in [0.2, 0.25) is 5.78 Å². The van der Waals surface area contributed by atoms with Crippen molar-refractivity contribution in [1.29, 1.82) is 0 Å². The van der Waals surface area contributed by atoms with Gasteiger partial charge in [-0.15, -0.1) is 5.10 Å². The van der Waals surface area contributed by atoms with E-state index in [4.69, 9.17) is 11.6 Å². The molecule has 0 fully saturated rings. The van der Waals surface area contributed by atoms with Crippen molar-refractivity contribution in [3.8, 4) is 23.2 Å². The van der Waals surface area contributed by atoms with E-state index in [-0.39, 0.29) is 5.78 Å². The molecule has 0 saturated heterocycles. The number of carbonyl (C=O) groups is 1. The molecule has 28 heavy (non-hydrogen) atoms. The van der Waals surface area contributed by atoms with Crippen molar-refractivity contribution < 1.29 is 4.79 Å². The fourth-order valence-electron chi connectivity index (χ4n) is 3.25. The third-order valence-corrected chi connectivity index (χ3v) is 4.83. The fraction of sp³-hybridized carbons (Fsp3) is 0.0476. The molecule has 0 amide bonds. The van der Waals surface area contributed by atoms with Crippen LogP contribution in [0, 0.1) is 11.8 Å². The Labute approximate surface area is 165 Å². The molecule has 6 nitrogen and oxygen atoms in total. The molecule has 4 aromatic rings. The number of aromatic nitrogens is 5. The molecular weight excluding hydrogens is 374 g/mol. The van der Waals surface area contributed by atoms with Gasteiger partial charge in [-0.1, -0.05) is 47.1 Å². The van der Waals surface area contributed by atoms with Gasteiger partial charge in [-0.05, 0) is 30.0 Å². The Hall–Kier alpha value is -3.69. The standard InChI is InChI=1S/C21H12ClN5O/c22-15-6-8-18-20(10-15)27-16(12-24-25-27)11-19-17(23-13-26(18)19)7-9-21(28)14-4-2-1-3-5-14/h1-6,8,10,12-13H,11H2. The zero-order valence-electron chi connectivity index (χ0n) is 14.5. The van der Waals surface area contributed by atoms with Gasteiger partial charge in [-0.3, -0.25) is 9.36 Å². The quantitative estimate of drug-likeness (QED) is 0.328. The van der Waals surface area contributed by atoms with Gasteiger partial charge in [0.1, 0.15) is 12.0 Å². The molecule has 0 unspecified atom stereocenters. The van der Waals surface area contributed by atoms with Crippen LogP contribution >= 0.6 is 11.6 Å². The molecule has 5 rings (SSSR count). The maximum Gasteiger partial charge on any atom is 0.236 e. The third kappa shape index (κ3) is 2.70. The van der Waals surface area contributed by atoms with Crippen molar-refractivity contribution in [3.05, 3.63) is 88.7 Å². The van der Waals surface area contributed by atoms with E-state index in [0.717, 1.165) is 22.8 Å². The van der Waals surface area contributed by atoms with Crippen LogP contribution < -0.4 is 0 Å². The summed E-state index contributed by atoms with van der Waals surface area (Å²) in [7, 11) is 0. The zero-order chi connectivity index (χ0) is 19.1. The number of nitrogens with zero attached hydrogens (tertiary/aromatic N) is 5. The first-order valence-electron chi connectivity index (χ1n) is 8.58. The summed E-state index contributed by atoms with van der Waals surface area (Å²) in [5.74, 6) is 5.39. The molecular formula is C21H12ClN5O. The van der Waals surface area contributed by atoms with E-state index < -0.39 is 0 Å². The number of rotatable bonds is 1. The van der Waals surface area contributed by atoms with E-state index >= 15 is 0 Å². The number of carbonyl (C=O) groups excluding carboxylic acids is 1. The molecule has 134 valence electrons. The number of benzene rings is 2. The predicted octanol–water partition coefficient (Wildman–Crippen LogP) is 3.25. The smallest absolute Gasteiger partial charge is 0.236 e. The lowest BCUT2D eigenvalue weighted by Crippen LogP contribution is -2.03. The molecule has 3 heterocycles. The minimum Gasteiger partial charge on any atom is -0.299 e. The summed E-state index contributed by atoms with van der Waals surface area (Å²) in [5.41, 5.74) is 4.56. The molecule has 0 aliphatic carbocycles. The van der Waals surface area contributed by atoms with Crippen molar-refractivity contribution in [2.24, 2.45) is 0 Å². The maximum atomic E-state index is 12.3. The summed E-state index contributed by atoms with van der Waals surface area (Å²) in [4.78, 5) is 16.8. The van der Waals surface area contributed by atoms with E-state index in [1.54, 1.807) is 29.3 Å². The highest BCUT2D eigenvalue weighted by atomic mass is 35.5. The summed E-state index contributed by atoms with van der Waals surface area (Å²) < 4.78 is 3.72. The van der Waals surface area contributed by atoms with Crippen molar-refractivity contribution >= 4 is 17.4 Å². The highest BCUT2D eigenvalue weighted by molar-refractivity contribution is 6.30. The molecule has 1 aliphatic heterocycles. The van der Waals surface area contributed by atoms with Crippen molar-refractivity contribution in [2.75, 3.05) is 0 Å². The zero-order valence-corrected chi connectivity index (χ0v) is 15.3. The maximum absolute atomic E-state index is 12.3.